The predicted molar refractivity (Wildman–Crippen MR) is 183 cm³/mol. The number of benzene rings is 3. The number of aromatic nitrogens is 1. The SMILES string of the molecule is CCOC(=O)C1=C(C)N=c2s/c(=C/c3cc(Cl)c(OCc4ccc(C(=O)O)cc4)c(OCC)c3)c(=O)n2[C@@H]1c1ccccc1OC(C)C. The molecular formula is C36H35ClN2O8S. The molecule has 250 valence electrons. The summed E-state index contributed by atoms with van der Waals surface area (Å²) in [7, 11) is 0. The number of halogens is 1. The van der Waals surface area contributed by atoms with E-state index in [1.165, 1.54) is 28.0 Å². The van der Waals surface area contributed by atoms with Gasteiger partial charge < -0.3 is 24.1 Å². The number of hydrogen-bond acceptors (Lipinski definition) is 9. The molecule has 0 fully saturated rings. The van der Waals surface area contributed by atoms with Gasteiger partial charge in [0.15, 0.2) is 16.3 Å². The number of ether oxygens (including phenoxy) is 4. The van der Waals surface area contributed by atoms with E-state index in [1.54, 1.807) is 44.2 Å². The van der Waals surface area contributed by atoms with Gasteiger partial charge in [0.05, 0.1) is 45.7 Å². The predicted octanol–water partition coefficient (Wildman–Crippen LogP) is 5.91. The number of carbonyl (C=O) groups is 2. The van der Waals surface area contributed by atoms with Crippen molar-refractivity contribution >= 4 is 41.0 Å². The van der Waals surface area contributed by atoms with Crippen molar-refractivity contribution < 1.29 is 33.6 Å². The first kappa shape index (κ1) is 34.5. The molecule has 0 aliphatic carbocycles. The summed E-state index contributed by atoms with van der Waals surface area (Å²) in [5.41, 5.74) is 2.51. The Morgan fingerprint density at radius 3 is 2.44 bits per heavy atom. The molecule has 10 nitrogen and oxygen atoms in total. The third kappa shape index (κ3) is 7.32. The highest BCUT2D eigenvalue weighted by molar-refractivity contribution is 7.07. The summed E-state index contributed by atoms with van der Waals surface area (Å²) in [5.74, 6) is -0.327. The van der Waals surface area contributed by atoms with Crippen LogP contribution in [0.15, 0.2) is 81.7 Å². The van der Waals surface area contributed by atoms with Crippen LogP contribution < -0.4 is 29.1 Å². The van der Waals surface area contributed by atoms with Gasteiger partial charge in [0.1, 0.15) is 18.4 Å². The van der Waals surface area contributed by atoms with Gasteiger partial charge in [-0.05, 0) is 82.2 Å². The van der Waals surface area contributed by atoms with Gasteiger partial charge in [-0.2, -0.15) is 0 Å². The second-order valence-corrected chi connectivity index (χ2v) is 12.5. The first-order chi connectivity index (χ1) is 23.0. The van der Waals surface area contributed by atoms with E-state index >= 15 is 0 Å². The topological polar surface area (TPSA) is 126 Å². The number of para-hydroxylation sites is 1. The van der Waals surface area contributed by atoms with E-state index in [0.29, 0.717) is 50.0 Å². The van der Waals surface area contributed by atoms with Crippen LogP contribution in [-0.4, -0.2) is 40.9 Å². The van der Waals surface area contributed by atoms with Crippen molar-refractivity contribution in [2.75, 3.05) is 13.2 Å². The third-order valence-corrected chi connectivity index (χ3v) is 8.57. The van der Waals surface area contributed by atoms with Crippen LogP contribution in [0.2, 0.25) is 5.02 Å². The molecule has 0 saturated heterocycles. The minimum absolute atomic E-state index is 0.127. The molecule has 0 bridgehead atoms. The fourth-order valence-corrected chi connectivity index (χ4v) is 6.60. The quantitative estimate of drug-likeness (QED) is 0.182. The van der Waals surface area contributed by atoms with Gasteiger partial charge in [-0.15, -0.1) is 0 Å². The number of rotatable bonds is 12. The van der Waals surface area contributed by atoms with Gasteiger partial charge in [-0.1, -0.05) is 53.3 Å². The molecular weight excluding hydrogens is 656 g/mol. The van der Waals surface area contributed by atoms with E-state index in [0.717, 1.165) is 5.56 Å². The van der Waals surface area contributed by atoms with Crippen molar-refractivity contribution in [2.45, 2.75) is 53.4 Å². The summed E-state index contributed by atoms with van der Waals surface area (Å²) in [6, 6.07) is 16.2. The molecule has 1 atom stereocenters. The highest BCUT2D eigenvalue weighted by Gasteiger charge is 2.35. The zero-order valence-corrected chi connectivity index (χ0v) is 28.7. The molecule has 1 aromatic heterocycles. The van der Waals surface area contributed by atoms with E-state index in [-0.39, 0.29) is 41.0 Å². The molecule has 3 aromatic carbocycles. The number of carboxylic acids is 1. The number of nitrogens with zero attached hydrogens (tertiary/aromatic N) is 2. The van der Waals surface area contributed by atoms with Crippen LogP contribution in [0.5, 0.6) is 17.2 Å². The van der Waals surface area contributed by atoms with Gasteiger partial charge in [0.25, 0.3) is 5.56 Å². The van der Waals surface area contributed by atoms with Crippen LogP contribution in [0, 0.1) is 0 Å². The number of hydrogen-bond donors (Lipinski definition) is 1. The number of carboxylic acid groups (broad SMARTS) is 1. The minimum atomic E-state index is -1.01. The average Bonchev–Trinajstić information content (AvgIpc) is 3.34. The molecule has 4 aromatic rings. The van der Waals surface area contributed by atoms with Crippen LogP contribution in [0.3, 0.4) is 0 Å². The third-order valence-electron chi connectivity index (χ3n) is 7.31. The smallest absolute Gasteiger partial charge is 0.338 e. The second-order valence-electron chi connectivity index (χ2n) is 11.1. The fourth-order valence-electron chi connectivity index (χ4n) is 5.28. The molecule has 0 spiro atoms. The van der Waals surface area contributed by atoms with Gasteiger partial charge >= 0.3 is 11.9 Å². The van der Waals surface area contributed by atoms with Crippen molar-refractivity contribution in [3.05, 3.63) is 119 Å². The number of allylic oxidation sites excluding steroid dienone is 1. The summed E-state index contributed by atoms with van der Waals surface area (Å²) in [5, 5.41) is 9.43. The van der Waals surface area contributed by atoms with E-state index < -0.39 is 18.0 Å². The van der Waals surface area contributed by atoms with Gasteiger partial charge in [-0.3, -0.25) is 9.36 Å². The maximum absolute atomic E-state index is 14.2. The van der Waals surface area contributed by atoms with Crippen molar-refractivity contribution in [3.63, 3.8) is 0 Å². The average molecular weight is 691 g/mol. The molecule has 0 radical (unpaired) electrons. The van der Waals surface area contributed by atoms with Crippen LogP contribution >= 0.6 is 22.9 Å². The molecule has 2 heterocycles. The number of fused-ring (bicyclic) bond motifs is 1. The Hall–Kier alpha value is -4.87. The summed E-state index contributed by atoms with van der Waals surface area (Å²) in [4.78, 5) is 43.8. The maximum Gasteiger partial charge on any atom is 0.338 e. The Kier molecular flexibility index (Phi) is 10.7. The number of carbonyl (C=O) groups excluding carboxylic acids is 1. The normalized spacial score (nSPS) is 14.4. The van der Waals surface area contributed by atoms with Crippen molar-refractivity contribution in [3.8, 4) is 17.2 Å². The Balaban J connectivity index is 1.58. The van der Waals surface area contributed by atoms with Crippen LogP contribution in [0.4, 0.5) is 0 Å². The first-order valence-electron chi connectivity index (χ1n) is 15.4. The Morgan fingerprint density at radius 2 is 1.77 bits per heavy atom. The molecule has 5 rings (SSSR count). The molecule has 1 aliphatic heterocycles. The molecule has 0 unspecified atom stereocenters. The lowest BCUT2D eigenvalue weighted by Crippen LogP contribution is -2.40. The number of aromatic carboxylic acids is 1. The highest BCUT2D eigenvalue weighted by Crippen LogP contribution is 2.38. The van der Waals surface area contributed by atoms with E-state index in [4.69, 9.17) is 35.7 Å². The Bertz CT molecular complexity index is 2060. The second kappa shape index (κ2) is 14.9. The fraction of sp³-hybridized carbons (Fsp3) is 0.278. The summed E-state index contributed by atoms with van der Waals surface area (Å²) >= 11 is 7.89. The largest absolute Gasteiger partial charge is 0.491 e. The maximum atomic E-state index is 14.2. The van der Waals surface area contributed by atoms with Gasteiger partial charge in [0.2, 0.25) is 0 Å². The first-order valence-corrected chi connectivity index (χ1v) is 16.6. The molecule has 48 heavy (non-hydrogen) atoms. The highest BCUT2D eigenvalue weighted by atomic mass is 35.5. The zero-order chi connectivity index (χ0) is 34.5. The Labute approximate surface area is 286 Å². The van der Waals surface area contributed by atoms with Crippen LogP contribution in [0.25, 0.3) is 6.08 Å². The standard InChI is InChI=1S/C36H35ClN2O8S/c1-6-44-28-17-23(16-26(37)32(28)46-19-22-12-14-24(15-13-22)34(41)42)18-29-33(40)39-31(25-10-8-9-11-27(25)47-20(3)4)30(35(43)45-7-2)21(5)38-36(39)48-29/h8-18,20,31H,6-7,19H2,1-5H3,(H,41,42)/b29-18+/t31-/m1/s1. The molecule has 1 N–H and O–H groups in total. The van der Waals surface area contributed by atoms with Gasteiger partial charge in [-0.25, -0.2) is 14.6 Å². The molecule has 0 saturated carbocycles. The lowest BCUT2D eigenvalue weighted by Gasteiger charge is -2.26. The van der Waals surface area contributed by atoms with Crippen molar-refractivity contribution in [1.82, 2.24) is 4.57 Å². The van der Waals surface area contributed by atoms with Crippen molar-refractivity contribution in [2.24, 2.45) is 4.99 Å². The van der Waals surface area contributed by atoms with E-state index in [1.807, 2.05) is 45.0 Å². The van der Waals surface area contributed by atoms with E-state index in [9.17, 15) is 14.4 Å². The lowest BCUT2D eigenvalue weighted by atomic mass is 9.95. The molecule has 0 amide bonds. The zero-order valence-electron chi connectivity index (χ0n) is 27.1. The molecule has 12 heteroatoms. The molecule has 1 aliphatic rings. The van der Waals surface area contributed by atoms with Crippen LogP contribution in [-0.2, 0) is 16.1 Å². The number of esters is 1. The van der Waals surface area contributed by atoms with Gasteiger partial charge in [0, 0.05) is 5.56 Å². The summed E-state index contributed by atoms with van der Waals surface area (Å²) in [6.07, 6.45) is 1.55. The minimum Gasteiger partial charge on any atom is -0.491 e. The summed E-state index contributed by atoms with van der Waals surface area (Å²) in [6.45, 7) is 9.73. The lowest BCUT2D eigenvalue weighted by molar-refractivity contribution is -0.139. The monoisotopic (exact) mass is 690 g/mol. The summed E-state index contributed by atoms with van der Waals surface area (Å²) < 4.78 is 25.3. The Morgan fingerprint density at radius 1 is 1.04 bits per heavy atom. The van der Waals surface area contributed by atoms with E-state index in [2.05, 4.69) is 4.99 Å². The van der Waals surface area contributed by atoms with Crippen molar-refractivity contribution in [1.29, 1.82) is 0 Å². The number of thiazole rings is 1. The van der Waals surface area contributed by atoms with Crippen LogP contribution in [0.1, 0.15) is 67.7 Å².